The van der Waals surface area contributed by atoms with Crippen molar-refractivity contribution in [3.63, 3.8) is 0 Å². The number of amides is 1. The van der Waals surface area contributed by atoms with E-state index in [4.69, 9.17) is 15.2 Å². The van der Waals surface area contributed by atoms with E-state index in [2.05, 4.69) is 5.32 Å². The van der Waals surface area contributed by atoms with E-state index in [-0.39, 0.29) is 12.5 Å². The molecule has 0 fully saturated rings. The van der Waals surface area contributed by atoms with Gasteiger partial charge in [0.1, 0.15) is 18.1 Å². The van der Waals surface area contributed by atoms with Crippen molar-refractivity contribution in [2.24, 2.45) is 5.73 Å². The number of anilines is 1. The molecule has 5 nitrogen and oxygen atoms in total. The van der Waals surface area contributed by atoms with Gasteiger partial charge < -0.3 is 20.5 Å². The first-order valence-corrected chi connectivity index (χ1v) is 6.68. The molecule has 2 aromatic carbocycles. The predicted molar refractivity (Wildman–Crippen MR) is 81.5 cm³/mol. The molecule has 0 unspecified atom stereocenters. The molecular weight excluding hydrogens is 268 g/mol. The minimum atomic E-state index is -0.208. The van der Waals surface area contributed by atoms with Gasteiger partial charge in [0.25, 0.3) is 0 Å². The zero-order chi connectivity index (χ0) is 14.9. The Morgan fingerprint density at radius 1 is 1.00 bits per heavy atom. The Balaban J connectivity index is 1.85. The van der Waals surface area contributed by atoms with Crippen molar-refractivity contribution in [2.75, 3.05) is 25.1 Å². The molecule has 0 aliphatic rings. The molecule has 0 aliphatic carbocycles. The molecule has 0 saturated carbocycles. The SMILES string of the molecule is NCCOCC(=O)Nc1ccc(Oc2ccccc2)cc1. The van der Waals surface area contributed by atoms with Gasteiger partial charge in [-0.15, -0.1) is 0 Å². The molecular formula is C16H18N2O3. The number of ether oxygens (including phenoxy) is 2. The van der Waals surface area contributed by atoms with Crippen LogP contribution in [0.2, 0.25) is 0 Å². The smallest absolute Gasteiger partial charge is 0.250 e. The summed E-state index contributed by atoms with van der Waals surface area (Å²) in [6.07, 6.45) is 0. The van der Waals surface area contributed by atoms with Crippen LogP contribution in [0.4, 0.5) is 5.69 Å². The third-order valence-corrected chi connectivity index (χ3v) is 2.61. The van der Waals surface area contributed by atoms with E-state index in [0.717, 1.165) is 5.75 Å². The van der Waals surface area contributed by atoms with Gasteiger partial charge >= 0.3 is 0 Å². The molecule has 2 rings (SSSR count). The second-order valence-corrected chi connectivity index (χ2v) is 4.33. The molecule has 0 spiro atoms. The maximum absolute atomic E-state index is 11.6. The lowest BCUT2D eigenvalue weighted by atomic mass is 10.3. The van der Waals surface area contributed by atoms with Crippen LogP contribution in [0, 0.1) is 0 Å². The highest BCUT2D eigenvalue weighted by atomic mass is 16.5. The Morgan fingerprint density at radius 3 is 2.33 bits per heavy atom. The summed E-state index contributed by atoms with van der Waals surface area (Å²) in [7, 11) is 0. The maximum Gasteiger partial charge on any atom is 0.250 e. The molecule has 0 aliphatic heterocycles. The third-order valence-electron chi connectivity index (χ3n) is 2.61. The summed E-state index contributed by atoms with van der Waals surface area (Å²) in [5, 5.41) is 2.73. The highest BCUT2D eigenvalue weighted by Gasteiger charge is 2.03. The van der Waals surface area contributed by atoms with Gasteiger partial charge in [-0.25, -0.2) is 0 Å². The van der Waals surface area contributed by atoms with Gasteiger partial charge in [-0.05, 0) is 36.4 Å². The van der Waals surface area contributed by atoms with Gasteiger partial charge in [0.05, 0.1) is 6.61 Å². The second kappa shape index (κ2) is 8.04. The quantitative estimate of drug-likeness (QED) is 0.766. The molecule has 1 amide bonds. The van der Waals surface area contributed by atoms with E-state index >= 15 is 0 Å². The van der Waals surface area contributed by atoms with Crippen LogP contribution in [-0.2, 0) is 9.53 Å². The van der Waals surface area contributed by atoms with Crippen LogP contribution in [0.15, 0.2) is 54.6 Å². The number of hydrogen-bond acceptors (Lipinski definition) is 4. The summed E-state index contributed by atoms with van der Waals surface area (Å²) in [6.45, 7) is 0.773. The normalized spacial score (nSPS) is 10.1. The van der Waals surface area contributed by atoms with Gasteiger partial charge in [0, 0.05) is 12.2 Å². The Morgan fingerprint density at radius 2 is 1.67 bits per heavy atom. The highest BCUT2D eigenvalue weighted by molar-refractivity contribution is 5.91. The van der Waals surface area contributed by atoms with Crippen molar-refractivity contribution in [3.05, 3.63) is 54.6 Å². The molecule has 110 valence electrons. The van der Waals surface area contributed by atoms with E-state index in [1.807, 2.05) is 30.3 Å². The number of nitrogens with two attached hydrogens (primary N) is 1. The summed E-state index contributed by atoms with van der Waals surface area (Å²) in [4.78, 5) is 11.6. The lowest BCUT2D eigenvalue weighted by Crippen LogP contribution is -2.20. The fraction of sp³-hybridized carbons (Fsp3) is 0.188. The van der Waals surface area contributed by atoms with Crippen LogP contribution < -0.4 is 15.8 Å². The molecule has 21 heavy (non-hydrogen) atoms. The maximum atomic E-state index is 11.6. The summed E-state index contributed by atoms with van der Waals surface area (Å²) < 4.78 is 10.7. The summed E-state index contributed by atoms with van der Waals surface area (Å²) in [6, 6.07) is 16.6. The van der Waals surface area contributed by atoms with E-state index in [9.17, 15) is 4.79 Å². The first-order chi connectivity index (χ1) is 10.3. The molecule has 0 bridgehead atoms. The largest absolute Gasteiger partial charge is 0.457 e. The van der Waals surface area contributed by atoms with Crippen molar-refractivity contribution in [2.45, 2.75) is 0 Å². The molecule has 5 heteroatoms. The summed E-state index contributed by atoms with van der Waals surface area (Å²) in [5.74, 6) is 1.27. The lowest BCUT2D eigenvalue weighted by molar-refractivity contribution is -0.120. The van der Waals surface area contributed by atoms with Crippen molar-refractivity contribution >= 4 is 11.6 Å². The van der Waals surface area contributed by atoms with Crippen molar-refractivity contribution < 1.29 is 14.3 Å². The van der Waals surface area contributed by atoms with E-state index < -0.39 is 0 Å². The summed E-state index contributed by atoms with van der Waals surface area (Å²) in [5.41, 5.74) is 5.97. The predicted octanol–water partition coefficient (Wildman–Crippen LogP) is 2.39. The number of nitrogens with one attached hydrogen (secondary N) is 1. The Hall–Kier alpha value is -2.37. The average molecular weight is 286 g/mol. The molecule has 3 N–H and O–H groups in total. The standard InChI is InChI=1S/C16H18N2O3/c17-10-11-20-12-16(19)18-13-6-8-15(9-7-13)21-14-4-2-1-3-5-14/h1-9H,10-12,17H2,(H,18,19). The minimum absolute atomic E-state index is 0.000529. The van der Waals surface area contributed by atoms with Crippen LogP contribution in [0.5, 0.6) is 11.5 Å². The van der Waals surface area contributed by atoms with Crippen LogP contribution >= 0.6 is 0 Å². The molecule has 0 radical (unpaired) electrons. The lowest BCUT2D eigenvalue weighted by Gasteiger charge is -2.08. The van der Waals surface area contributed by atoms with Crippen LogP contribution in [-0.4, -0.2) is 25.7 Å². The van der Waals surface area contributed by atoms with Gasteiger partial charge in [0.15, 0.2) is 0 Å². The number of carbonyl (C=O) groups excluding carboxylic acids is 1. The number of rotatable bonds is 7. The number of benzene rings is 2. The topological polar surface area (TPSA) is 73.6 Å². The fourth-order valence-corrected chi connectivity index (χ4v) is 1.68. The molecule has 0 aromatic heterocycles. The fourth-order valence-electron chi connectivity index (χ4n) is 1.68. The van der Waals surface area contributed by atoms with Crippen LogP contribution in [0.3, 0.4) is 0 Å². The number of hydrogen-bond donors (Lipinski definition) is 2. The average Bonchev–Trinajstić information content (AvgIpc) is 2.51. The zero-order valence-electron chi connectivity index (χ0n) is 11.6. The third kappa shape index (κ3) is 5.25. The Kier molecular flexibility index (Phi) is 5.75. The van der Waals surface area contributed by atoms with Crippen molar-refractivity contribution in [1.29, 1.82) is 0 Å². The second-order valence-electron chi connectivity index (χ2n) is 4.33. The van der Waals surface area contributed by atoms with E-state index in [0.29, 0.717) is 24.6 Å². The molecule has 2 aromatic rings. The van der Waals surface area contributed by atoms with Gasteiger partial charge in [-0.3, -0.25) is 4.79 Å². The van der Waals surface area contributed by atoms with Crippen LogP contribution in [0.25, 0.3) is 0 Å². The van der Waals surface area contributed by atoms with Crippen LogP contribution in [0.1, 0.15) is 0 Å². The number of carbonyl (C=O) groups is 1. The first kappa shape index (κ1) is 15.0. The zero-order valence-corrected chi connectivity index (χ0v) is 11.6. The first-order valence-electron chi connectivity index (χ1n) is 6.68. The van der Waals surface area contributed by atoms with Gasteiger partial charge in [-0.1, -0.05) is 18.2 Å². The highest BCUT2D eigenvalue weighted by Crippen LogP contribution is 2.22. The molecule has 0 saturated heterocycles. The Bertz CT molecular complexity index is 555. The van der Waals surface area contributed by atoms with E-state index in [1.54, 1.807) is 24.3 Å². The van der Waals surface area contributed by atoms with Crippen molar-refractivity contribution in [1.82, 2.24) is 0 Å². The van der Waals surface area contributed by atoms with Gasteiger partial charge in [0.2, 0.25) is 5.91 Å². The Labute approximate surface area is 123 Å². The molecule has 0 heterocycles. The van der Waals surface area contributed by atoms with Crippen molar-refractivity contribution in [3.8, 4) is 11.5 Å². The summed E-state index contributed by atoms with van der Waals surface area (Å²) >= 11 is 0. The number of para-hydroxylation sites is 1. The minimum Gasteiger partial charge on any atom is -0.457 e. The van der Waals surface area contributed by atoms with E-state index in [1.165, 1.54) is 0 Å². The van der Waals surface area contributed by atoms with Gasteiger partial charge in [-0.2, -0.15) is 0 Å². The molecule has 0 atom stereocenters. The monoisotopic (exact) mass is 286 g/mol.